The van der Waals surface area contributed by atoms with Gasteiger partial charge < -0.3 is 0 Å². The Balaban J connectivity index is 2.64. The van der Waals surface area contributed by atoms with E-state index in [-0.39, 0.29) is 0 Å². The summed E-state index contributed by atoms with van der Waals surface area (Å²) in [6.45, 7) is 10.0. The van der Waals surface area contributed by atoms with E-state index >= 15 is 0 Å². The second-order valence-corrected chi connectivity index (χ2v) is 4.42. The van der Waals surface area contributed by atoms with Gasteiger partial charge in [-0.25, -0.2) is 0 Å². The number of benzene rings is 2. The van der Waals surface area contributed by atoms with Crippen LogP contribution in [-0.4, -0.2) is 0 Å². The van der Waals surface area contributed by atoms with Crippen LogP contribution in [0.1, 0.15) is 30.4 Å². The molecule has 2 aromatic carbocycles. The second-order valence-electron chi connectivity index (χ2n) is 4.42. The van der Waals surface area contributed by atoms with Gasteiger partial charge in [0.05, 0.1) is 0 Å². The van der Waals surface area contributed by atoms with Gasteiger partial charge in [0.2, 0.25) is 0 Å². The quantitative estimate of drug-likeness (QED) is 0.627. The summed E-state index contributed by atoms with van der Waals surface area (Å²) < 4.78 is 0. The van der Waals surface area contributed by atoms with Crippen LogP contribution in [0.4, 0.5) is 0 Å². The zero-order valence-electron chi connectivity index (χ0n) is 10.3. The molecule has 86 valence electrons. The Morgan fingerprint density at radius 1 is 1.12 bits per heavy atom. The van der Waals surface area contributed by atoms with Crippen LogP contribution in [0.25, 0.3) is 16.8 Å². The SMILES string of the molecule is C=CCC(C)c1ccc2ccccc2c1C=C. The van der Waals surface area contributed by atoms with Gasteiger partial charge in [0.25, 0.3) is 0 Å². The van der Waals surface area contributed by atoms with E-state index in [1.165, 1.54) is 21.9 Å². The minimum atomic E-state index is 0.491. The van der Waals surface area contributed by atoms with Crippen LogP contribution < -0.4 is 0 Å². The van der Waals surface area contributed by atoms with Crippen molar-refractivity contribution in [2.45, 2.75) is 19.3 Å². The lowest BCUT2D eigenvalue weighted by Gasteiger charge is -2.15. The molecule has 17 heavy (non-hydrogen) atoms. The van der Waals surface area contributed by atoms with Gasteiger partial charge in [-0.1, -0.05) is 62.1 Å². The van der Waals surface area contributed by atoms with Gasteiger partial charge in [0, 0.05) is 0 Å². The highest BCUT2D eigenvalue weighted by Gasteiger charge is 2.10. The van der Waals surface area contributed by atoms with Crippen molar-refractivity contribution in [2.75, 3.05) is 0 Å². The van der Waals surface area contributed by atoms with Crippen LogP contribution in [0.15, 0.2) is 55.6 Å². The number of allylic oxidation sites excluding steroid dienone is 1. The molecule has 1 atom stereocenters. The van der Waals surface area contributed by atoms with Crippen molar-refractivity contribution < 1.29 is 0 Å². The number of rotatable bonds is 4. The highest BCUT2D eigenvalue weighted by molar-refractivity contribution is 5.91. The van der Waals surface area contributed by atoms with Gasteiger partial charge in [0.15, 0.2) is 0 Å². The fourth-order valence-electron chi connectivity index (χ4n) is 2.35. The molecule has 0 nitrogen and oxygen atoms in total. The van der Waals surface area contributed by atoms with Crippen LogP contribution in [0.3, 0.4) is 0 Å². The Bertz CT molecular complexity index is 549. The van der Waals surface area contributed by atoms with E-state index in [1.54, 1.807) is 0 Å². The van der Waals surface area contributed by atoms with Crippen LogP contribution in [-0.2, 0) is 0 Å². The third-order valence-electron chi connectivity index (χ3n) is 3.26. The Morgan fingerprint density at radius 3 is 2.59 bits per heavy atom. The van der Waals surface area contributed by atoms with E-state index in [2.05, 4.69) is 56.5 Å². The fourth-order valence-corrected chi connectivity index (χ4v) is 2.35. The van der Waals surface area contributed by atoms with E-state index in [1.807, 2.05) is 12.2 Å². The summed E-state index contributed by atoms with van der Waals surface area (Å²) in [5.74, 6) is 0.491. The molecule has 0 radical (unpaired) electrons. The van der Waals surface area contributed by atoms with Crippen LogP contribution >= 0.6 is 0 Å². The monoisotopic (exact) mass is 222 g/mol. The van der Waals surface area contributed by atoms with Gasteiger partial charge in [-0.3, -0.25) is 0 Å². The summed E-state index contributed by atoms with van der Waals surface area (Å²) in [7, 11) is 0. The molecule has 0 amide bonds. The number of hydrogen-bond donors (Lipinski definition) is 0. The van der Waals surface area contributed by atoms with Crippen molar-refractivity contribution in [3.63, 3.8) is 0 Å². The standard InChI is InChI=1S/C17H18/c1-4-8-13(3)16-12-11-14-9-6-7-10-17(14)15(16)5-2/h4-7,9-13H,1-2,8H2,3H3. The Kier molecular flexibility index (Phi) is 3.43. The van der Waals surface area contributed by atoms with E-state index < -0.39 is 0 Å². The second kappa shape index (κ2) is 5.01. The maximum Gasteiger partial charge on any atom is -0.0109 e. The van der Waals surface area contributed by atoms with Crippen molar-refractivity contribution in [1.29, 1.82) is 0 Å². The first-order chi connectivity index (χ1) is 8.27. The summed E-state index contributed by atoms with van der Waals surface area (Å²) >= 11 is 0. The third kappa shape index (κ3) is 2.16. The smallest absolute Gasteiger partial charge is 0.0109 e. The van der Waals surface area contributed by atoms with Gasteiger partial charge >= 0.3 is 0 Å². The maximum absolute atomic E-state index is 3.96. The van der Waals surface area contributed by atoms with Crippen LogP contribution in [0.5, 0.6) is 0 Å². The van der Waals surface area contributed by atoms with E-state index in [0.29, 0.717) is 5.92 Å². The molecule has 0 aliphatic rings. The normalized spacial score (nSPS) is 12.3. The Hall–Kier alpha value is -1.82. The average Bonchev–Trinajstić information content (AvgIpc) is 2.37. The zero-order chi connectivity index (χ0) is 12.3. The van der Waals surface area contributed by atoms with Crippen molar-refractivity contribution in [2.24, 2.45) is 0 Å². The van der Waals surface area contributed by atoms with Crippen molar-refractivity contribution in [3.8, 4) is 0 Å². The molecule has 2 rings (SSSR count). The first kappa shape index (κ1) is 11.7. The van der Waals surface area contributed by atoms with Gasteiger partial charge in [-0.2, -0.15) is 0 Å². The summed E-state index contributed by atoms with van der Waals surface area (Å²) in [6.07, 6.45) is 4.95. The largest absolute Gasteiger partial charge is 0.103 e. The first-order valence-electron chi connectivity index (χ1n) is 6.03. The molecule has 0 spiro atoms. The molecule has 0 saturated heterocycles. The highest BCUT2D eigenvalue weighted by Crippen LogP contribution is 2.30. The van der Waals surface area contributed by atoms with Crippen molar-refractivity contribution >= 4 is 16.8 Å². The molecule has 0 heteroatoms. The van der Waals surface area contributed by atoms with E-state index in [9.17, 15) is 0 Å². The molecule has 0 saturated carbocycles. The predicted molar refractivity (Wildman–Crippen MR) is 77.3 cm³/mol. The molecular formula is C17H18. The average molecular weight is 222 g/mol. The fraction of sp³-hybridized carbons (Fsp3) is 0.176. The summed E-state index contributed by atoms with van der Waals surface area (Å²) in [6, 6.07) is 12.9. The van der Waals surface area contributed by atoms with Crippen molar-refractivity contribution in [3.05, 3.63) is 66.8 Å². The lowest BCUT2D eigenvalue weighted by Crippen LogP contribution is -1.96. The molecule has 0 aromatic heterocycles. The van der Waals surface area contributed by atoms with Gasteiger partial charge in [-0.15, -0.1) is 6.58 Å². The van der Waals surface area contributed by atoms with Gasteiger partial charge in [-0.05, 0) is 34.2 Å². The van der Waals surface area contributed by atoms with E-state index in [0.717, 1.165) is 6.42 Å². The Morgan fingerprint density at radius 2 is 1.88 bits per heavy atom. The molecule has 0 aliphatic heterocycles. The van der Waals surface area contributed by atoms with Crippen molar-refractivity contribution in [1.82, 2.24) is 0 Å². The minimum absolute atomic E-state index is 0.491. The first-order valence-corrected chi connectivity index (χ1v) is 6.03. The summed E-state index contributed by atoms with van der Waals surface area (Å²) in [5, 5.41) is 2.56. The minimum Gasteiger partial charge on any atom is -0.103 e. The lowest BCUT2D eigenvalue weighted by molar-refractivity contribution is 0.781. The zero-order valence-corrected chi connectivity index (χ0v) is 10.3. The number of fused-ring (bicyclic) bond motifs is 1. The molecule has 1 unspecified atom stereocenters. The molecule has 0 fully saturated rings. The molecule has 0 N–H and O–H groups in total. The summed E-state index contributed by atoms with van der Waals surface area (Å²) in [4.78, 5) is 0. The lowest BCUT2D eigenvalue weighted by atomic mass is 9.89. The van der Waals surface area contributed by atoms with Crippen LogP contribution in [0, 0.1) is 0 Å². The van der Waals surface area contributed by atoms with E-state index in [4.69, 9.17) is 0 Å². The molecule has 2 aromatic rings. The Labute approximate surface area is 103 Å². The third-order valence-corrected chi connectivity index (χ3v) is 3.26. The predicted octanol–water partition coefficient (Wildman–Crippen LogP) is 5.16. The molecule has 0 aliphatic carbocycles. The van der Waals surface area contributed by atoms with Crippen LogP contribution in [0.2, 0.25) is 0 Å². The molecular weight excluding hydrogens is 204 g/mol. The number of hydrogen-bond acceptors (Lipinski definition) is 0. The highest BCUT2D eigenvalue weighted by atomic mass is 14.1. The summed E-state index contributed by atoms with van der Waals surface area (Å²) in [5.41, 5.74) is 2.62. The molecule has 0 heterocycles. The van der Waals surface area contributed by atoms with Gasteiger partial charge in [0.1, 0.15) is 0 Å². The maximum atomic E-state index is 3.96. The molecule has 0 bridgehead atoms. The topological polar surface area (TPSA) is 0 Å².